The SMILES string of the molecule is CCCNCC1(c2ccncc2)CC2(CCCCCC2)C1. The zero-order valence-electron chi connectivity index (χ0n) is 13.5. The topological polar surface area (TPSA) is 24.9 Å². The Kier molecular flexibility index (Phi) is 4.63. The number of hydrogen-bond acceptors (Lipinski definition) is 2. The predicted octanol–water partition coefficient (Wildman–Crippen LogP) is 4.45. The summed E-state index contributed by atoms with van der Waals surface area (Å²) in [6.07, 6.45) is 16.7. The normalized spacial score (nSPS) is 23.5. The summed E-state index contributed by atoms with van der Waals surface area (Å²) in [5.41, 5.74) is 2.55. The smallest absolute Gasteiger partial charge is 0.0270 e. The molecule has 2 aliphatic rings. The second-order valence-electron chi connectivity index (χ2n) is 7.46. The van der Waals surface area contributed by atoms with Crippen LogP contribution in [0.5, 0.6) is 0 Å². The van der Waals surface area contributed by atoms with E-state index >= 15 is 0 Å². The van der Waals surface area contributed by atoms with Gasteiger partial charge in [-0.05, 0) is 61.8 Å². The first-order valence-electron chi connectivity index (χ1n) is 8.90. The molecular weight excluding hydrogens is 256 g/mol. The average Bonchev–Trinajstić information content (AvgIpc) is 2.73. The lowest BCUT2D eigenvalue weighted by molar-refractivity contribution is 0.00621. The maximum absolute atomic E-state index is 4.21. The van der Waals surface area contributed by atoms with Crippen LogP contribution in [0, 0.1) is 5.41 Å². The fraction of sp³-hybridized carbons (Fsp3) is 0.737. The van der Waals surface area contributed by atoms with E-state index in [1.165, 1.54) is 63.4 Å². The van der Waals surface area contributed by atoms with Gasteiger partial charge >= 0.3 is 0 Å². The van der Waals surface area contributed by atoms with Gasteiger partial charge in [0, 0.05) is 24.4 Å². The zero-order valence-corrected chi connectivity index (χ0v) is 13.5. The van der Waals surface area contributed by atoms with Gasteiger partial charge in [-0.25, -0.2) is 0 Å². The van der Waals surface area contributed by atoms with Crippen molar-refractivity contribution in [3.05, 3.63) is 30.1 Å². The van der Waals surface area contributed by atoms with Crippen molar-refractivity contribution in [3.8, 4) is 0 Å². The highest BCUT2D eigenvalue weighted by atomic mass is 14.9. The van der Waals surface area contributed by atoms with Crippen molar-refractivity contribution in [2.45, 2.75) is 70.1 Å². The summed E-state index contributed by atoms with van der Waals surface area (Å²) in [5.74, 6) is 0. The van der Waals surface area contributed by atoms with Crippen LogP contribution in [0.15, 0.2) is 24.5 Å². The first-order valence-corrected chi connectivity index (χ1v) is 8.90. The fourth-order valence-electron chi connectivity index (χ4n) is 4.86. The molecule has 1 aromatic rings. The minimum absolute atomic E-state index is 0.377. The summed E-state index contributed by atoms with van der Waals surface area (Å²) in [4.78, 5) is 4.21. The highest BCUT2D eigenvalue weighted by molar-refractivity contribution is 5.30. The lowest BCUT2D eigenvalue weighted by Gasteiger charge is -2.57. The Bertz CT molecular complexity index is 424. The van der Waals surface area contributed by atoms with Crippen LogP contribution in [0.4, 0.5) is 0 Å². The summed E-state index contributed by atoms with van der Waals surface area (Å²) in [7, 11) is 0. The van der Waals surface area contributed by atoms with Crippen molar-refractivity contribution in [1.82, 2.24) is 10.3 Å². The quantitative estimate of drug-likeness (QED) is 0.809. The largest absolute Gasteiger partial charge is 0.316 e. The number of nitrogens with zero attached hydrogens (tertiary/aromatic N) is 1. The van der Waals surface area contributed by atoms with Crippen molar-refractivity contribution >= 4 is 0 Å². The first kappa shape index (κ1) is 15.0. The monoisotopic (exact) mass is 286 g/mol. The Morgan fingerprint density at radius 1 is 1.05 bits per heavy atom. The highest BCUT2D eigenvalue weighted by Gasteiger charge is 2.54. The van der Waals surface area contributed by atoms with Gasteiger partial charge in [0.2, 0.25) is 0 Å². The number of nitrogens with one attached hydrogen (secondary N) is 1. The van der Waals surface area contributed by atoms with E-state index in [9.17, 15) is 0 Å². The van der Waals surface area contributed by atoms with Gasteiger partial charge in [0.25, 0.3) is 0 Å². The van der Waals surface area contributed by atoms with Crippen LogP contribution in [0.2, 0.25) is 0 Å². The third kappa shape index (κ3) is 3.15. The predicted molar refractivity (Wildman–Crippen MR) is 88.4 cm³/mol. The van der Waals surface area contributed by atoms with Crippen LogP contribution < -0.4 is 5.32 Å². The maximum atomic E-state index is 4.21. The average molecular weight is 286 g/mol. The Labute approximate surface area is 129 Å². The molecule has 2 aliphatic carbocycles. The molecule has 0 amide bonds. The molecule has 0 atom stereocenters. The van der Waals surface area contributed by atoms with Crippen LogP contribution >= 0.6 is 0 Å². The summed E-state index contributed by atoms with van der Waals surface area (Å²) in [6, 6.07) is 4.49. The van der Waals surface area contributed by atoms with E-state index in [4.69, 9.17) is 0 Å². The summed E-state index contributed by atoms with van der Waals surface area (Å²) < 4.78 is 0. The van der Waals surface area contributed by atoms with E-state index in [0.717, 1.165) is 13.1 Å². The van der Waals surface area contributed by atoms with Crippen molar-refractivity contribution < 1.29 is 0 Å². The van der Waals surface area contributed by atoms with Crippen molar-refractivity contribution in [3.63, 3.8) is 0 Å². The van der Waals surface area contributed by atoms with Crippen LogP contribution in [-0.2, 0) is 5.41 Å². The molecule has 2 heteroatoms. The summed E-state index contributed by atoms with van der Waals surface area (Å²) >= 11 is 0. The molecule has 0 saturated heterocycles. The first-order chi connectivity index (χ1) is 10.3. The number of hydrogen-bond donors (Lipinski definition) is 1. The Hall–Kier alpha value is -0.890. The van der Waals surface area contributed by atoms with Crippen molar-refractivity contribution in [2.75, 3.05) is 13.1 Å². The Balaban J connectivity index is 1.73. The molecule has 21 heavy (non-hydrogen) atoms. The van der Waals surface area contributed by atoms with Gasteiger partial charge in [0.1, 0.15) is 0 Å². The molecule has 3 rings (SSSR count). The minimum Gasteiger partial charge on any atom is -0.316 e. The Morgan fingerprint density at radius 3 is 2.33 bits per heavy atom. The molecular formula is C19H30N2. The van der Waals surface area contributed by atoms with E-state index in [0.29, 0.717) is 10.8 Å². The second-order valence-corrected chi connectivity index (χ2v) is 7.46. The Morgan fingerprint density at radius 2 is 1.71 bits per heavy atom. The van der Waals surface area contributed by atoms with Gasteiger partial charge in [-0.3, -0.25) is 4.98 Å². The number of aromatic nitrogens is 1. The van der Waals surface area contributed by atoms with Crippen LogP contribution in [0.1, 0.15) is 70.3 Å². The third-order valence-electron chi connectivity index (χ3n) is 5.77. The fourth-order valence-corrected chi connectivity index (χ4v) is 4.86. The molecule has 2 fully saturated rings. The molecule has 1 spiro atoms. The van der Waals surface area contributed by atoms with E-state index in [1.54, 1.807) is 0 Å². The third-order valence-corrected chi connectivity index (χ3v) is 5.77. The van der Waals surface area contributed by atoms with Gasteiger partial charge < -0.3 is 5.32 Å². The molecule has 2 nitrogen and oxygen atoms in total. The van der Waals surface area contributed by atoms with E-state index in [-0.39, 0.29) is 0 Å². The lowest BCUT2D eigenvalue weighted by atomic mass is 9.48. The second kappa shape index (κ2) is 6.48. The van der Waals surface area contributed by atoms with Gasteiger partial charge in [-0.15, -0.1) is 0 Å². The maximum Gasteiger partial charge on any atom is 0.0270 e. The van der Waals surface area contributed by atoms with Crippen LogP contribution in [-0.4, -0.2) is 18.1 Å². The number of rotatable bonds is 5. The van der Waals surface area contributed by atoms with Crippen molar-refractivity contribution in [1.29, 1.82) is 0 Å². The zero-order chi connectivity index (χ0) is 14.6. The van der Waals surface area contributed by atoms with Gasteiger partial charge in [0.05, 0.1) is 0 Å². The molecule has 1 heterocycles. The summed E-state index contributed by atoms with van der Waals surface area (Å²) in [5, 5.41) is 3.69. The van der Waals surface area contributed by atoms with Gasteiger partial charge in [0.15, 0.2) is 0 Å². The molecule has 2 saturated carbocycles. The molecule has 0 bridgehead atoms. The molecule has 0 aromatic carbocycles. The highest BCUT2D eigenvalue weighted by Crippen LogP contribution is 2.61. The van der Waals surface area contributed by atoms with Crippen molar-refractivity contribution in [2.24, 2.45) is 5.41 Å². The molecule has 0 unspecified atom stereocenters. The van der Waals surface area contributed by atoms with Crippen LogP contribution in [0.3, 0.4) is 0 Å². The lowest BCUT2D eigenvalue weighted by Crippen LogP contribution is -2.54. The van der Waals surface area contributed by atoms with E-state index in [1.807, 2.05) is 12.4 Å². The molecule has 1 aromatic heterocycles. The summed E-state index contributed by atoms with van der Waals surface area (Å²) in [6.45, 7) is 4.53. The van der Waals surface area contributed by atoms with Gasteiger partial charge in [-0.2, -0.15) is 0 Å². The molecule has 0 radical (unpaired) electrons. The number of pyridine rings is 1. The standard InChI is InChI=1S/C19H30N2/c1-2-11-21-16-19(17-7-12-20-13-8-17)14-18(15-19)9-5-3-4-6-10-18/h7-8,12-13,21H,2-6,9-11,14-16H2,1H3. The van der Waals surface area contributed by atoms with Crippen LogP contribution in [0.25, 0.3) is 0 Å². The minimum atomic E-state index is 0.377. The van der Waals surface area contributed by atoms with Gasteiger partial charge in [-0.1, -0.05) is 32.6 Å². The molecule has 1 N–H and O–H groups in total. The molecule has 0 aliphatic heterocycles. The van der Waals surface area contributed by atoms with E-state index in [2.05, 4.69) is 29.4 Å². The molecule has 116 valence electrons. The van der Waals surface area contributed by atoms with E-state index < -0.39 is 0 Å².